The number of hydrogen-bond donors (Lipinski definition) is 2. The summed E-state index contributed by atoms with van der Waals surface area (Å²) in [5, 5.41) is 12.9. The topological polar surface area (TPSA) is 32.3 Å². The Labute approximate surface area is 137 Å². The Morgan fingerprint density at radius 1 is 0.947 bits per heavy atom. The minimum Gasteiger partial charge on any atom is -0.394 e. The SMILES string of the molecule is OCC(Nc1ccccc1Br)c1ccc(Br)c(Br)c1. The number of anilines is 1. The zero-order chi connectivity index (χ0) is 13.8. The van der Waals surface area contributed by atoms with Crippen LogP contribution < -0.4 is 5.32 Å². The van der Waals surface area contributed by atoms with Crippen LogP contribution in [0.3, 0.4) is 0 Å². The van der Waals surface area contributed by atoms with Gasteiger partial charge in [0.15, 0.2) is 0 Å². The standard InChI is InChI=1S/C14H12Br3NO/c15-10-6-5-9(7-12(10)17)14(8-19)18-13-4-2-1-3-11(13)16/h1-7,14,18-19H,8H2. The Kier molecular flexibility index (Phi) is 5.45. The maximum absolute atomic E-state index is 9.59. The average Bonchev–Trinajstić information content (AvgIpc) is 2.41. The summed E-state index contributed by atoms with van der Waals surface area (Å²) in [7, 11) is 0. The molecule has 0 bridgehead atoms. The fraction of sp³-hybridized carbons (Fsp3) is 0.143. The van der Waals surface area contributed by atoms with E-state index in [0.717, 1.165) is 24.7 Å². The molecule has 100 valence electrons. The van der Waals surface area contributed by atoms with E-state index < -0.39 is 0 Å². The molecular weight excluding hydrogens is 438 g/mol. The summed E-state index contributed by atoms with van der Waals surface area (Å²) in [6.45, 7) is 0.0232. The lowest BCUT2D eigenvalue weighted by Crippen LogP contribution is -2.15. The molecule has 0 spiro atoms. The van der Waals surface area contributed by atoms with Crippen LogP contribution in [0, 0.1) is 0 Å². The van der Waals surface area contributed by atoms with Gasteiger partial charge in [0.2, 0.25) is 0 Å². The van der Waals surface area contributed by atoms with Crippen LogP contribution in [0.1, 0.15) is 11.6 Å². The number of aliphatic hydroxyl groups is 1. The second-order valence-electron chi connectivity index (χ2n) is 4.03. The van der Waals surface area contributed by atoms with Crippen LogP contribution in [0.5, 0.6) is 0 Å². The predicted octanol–water partition coefficient (Wildman–Crippen LogP) is 5.12. The van der Waals surface area contributed by atoms with E-state index >= 15 is 0 Å². The summed E-state index contributed by atoms with van der Waals surface area (Å²) in [4.78, 5) is 0. The Bertz CT molecular complexity index is 574. The lowest BCUT2D eigenvalue weighted by Gasteiger charge is -2.19. The third-order valence-corrected chi connectivity index (χ3v) is 5.30. The van der Waals surface area contributed by atoms with Crippen LogP contribution in [-0.2, 0) is 0 Å². The van der Waals surface area contributed by atoms with E-state index in [1.165, 1.54) is 0 Å². The molecular formula is C14H12Br3NO. The Morgan fingerprint density at radius 2 is 1.68 bits per heavy atom. The molecule has 2 aromatic carbocycles. The van der Waals surface area contributed by atoms with Gasteiger partial charge in [-0.05, 0) is 77.6 Å². The monoisotopic (exact) mass is 447 g/mol. The predicted molar refractivity (Wildman–Crippen MR) is 89.4 cm³/mol. The molecule has 0 heterocycles. The first-order chi connectivity index (χ1) is 9.11. The lowest BCUT2D eigenvalue weighted by atomic mass is 10.1. The van der Waals surface area contributed by atoms with Crippen LogP contribution in [0.15, 0.2) is 55.9 Å². The molecule has 2 nitrogen and oxygen atoms in total. The second kappa shape index (κ2) is 6.88. The molecule has 19 heavy (non-hydrogen) atoms. The molecule has 0 radical (unpaired) electrons. The van der Waals surface area contributed by atoms with Gasteiger partial charge in [-0.3, -0.25) is 0 Å². The minimum atomic E-state index is -0.150. The second-order valence-corrected chi connectivity index (χ2v) is 6.60. The molecule has 2 rings (SSSR count). The van der Waals surface area contributed by atoms with Crippen molar-refractivity contribution in [2.24, 2.45) is 0 Å². The zero-order valence-corrected chi connectivity index (χ0v) is 14.7. The van der Waals surface area contributed by atoms with Gasteiger partial charge in [-0.15, -0.1) is 0 Å². The van der Waals surface area contributed by atoms with Gasteiger partial charge in [-0.1, -0.05) is 18.2 Å². The van der Waals surface area contributed by atoms with E-state index in [4.69, 9.17) is 0 Å². The Balaban J connectivity index is 2.25. The number of para-hydroxylation sites is 1. The van der Waals surface area contributed by atoms with E-state index in [-0.39, 0.29) is 12.6 Å². The molecule has 1 unspecified atom stereocenters. The molecule has 0 aromatic heterocycles. The molecule has 0 fully saturated rings. The van der Waals surface area contributed by atoms with Gasteiger partial charge >= 0.3 is 0 Å². The van der Waals surface area contributed by atoms with E-state index in [2.05, 4.69) is 53.1 Å². The Morgan fingerprint density at radius 3 is 2.32 bits per heavy atom. The minimum absolute atomic E-state index is 0.0232. The zero-order valence-electron chi connectivity index (χ0n) is 9.91. The van der Waals surface area contributed by atoms with Gasteiger partial charge in [-0.2, -0.15) is 0 Å². The Hall–Kier alpha value is -0.360. The summed E-state index contributed by atoms with van der Waals surface area (Å²) in [5.74, 6) is 0. The number of rotatable bonds is 4. The average molecular weight is 450 g/mol. The van der Waals surface area contributed by atoms with Crippen LogP contribution in [0.25, 0.3) is 0 Å². The first-order valence-corrected chi connectivity index (χ1v) is 8.06. The summed E-state index contributed by atoms with van der Waals surface area (Å²) in [5.41, 5.74) is 1.98. The summed E-state index contributed by atoms with van der Waals surface area (Å²) in [6, 6.07) is 13.6. The van der Waals surface area contributed by atoms with Crippen molar-refractivity contribution in [2.75, 3.05) is 11.9 Å². The highest BCUT2D eigenvalue weighted by Gasteiger charge is 2.12. The van der Waals surface area contributed by atoms with Gasteiger partial charge < -0.3 is 10.4 Å². The molecule has 2 aromatic rings. The van der Waals surface area contributed by atoms with Crippen molar-refractivity contribution >= 4 is 53.5 Å². The highest BCUT2D eigenvalue weighted by molar-refractivity contribution is 9.13. The van der Waals surface area contributed by atoms with Gasteiger partial charge in [0.05, 0.1) is 12.6 Å². The van der Waals surface area contributed by atoms with Gasteiger partial charge in [0.25, 0.3) is 0 Å². The highest BCUT2D eigenvalue weighted by atomic mass is 79.9. The molecule has 2 N–H and O–H groups in total. The number of nitrogens with one attached hydrogen (secondary N) is 1. The first kappa shape index (κ1) is 15.0. The molecule has 0 aliphatic rings. The third-order valence-electron chi connectivity index (χ3n) is 2.73. The summed E-state index contributed by atoms with van der Waals surface area (Å²) < 4.78 is 2.94. The van der Waals surface area contributed by atoms with Gasteiger partial charge in [0.1, 0.15) is 0 Å². The van der Waals surface area contributed by atoms with Crippen molar-refractivity contribution in [3.05, 3.63) is 61.4 Å². The van der Waals surface area contributed by atoms with Crippen molar-refractivity contribution in [1.29, 1.82) is 0 Å². The van der Waals surface area contributed by atoms with Gasteiger partial charge in [-0.25, -0.2) is 0 Å². The van der Waals surface area contributed by atoms with E-state index in [1.54, 1.807) is 0 Å². The molecule has 1 atom stereocenters. The van der Waals surface area contributed by atoms with E-state index in [9.17, 15) is 5.11 Å². The van der Waals surface area contributed by atoms with Crippen molar-refractivity contribution in [2.45, 2.75) is 6.04 Å². The maximum atomic E-state index is 9.59. The van der Waals surface area contributed by atoms with Crippen LogP contribution in [0.4, 0.5) is 5.69 Å². The smallest absolute Gasteiger partial charge is 0.0745 e. The van der Waals surface area contributed by atoms with Gasteiger partial charge in [0, 0.05) is 19.1 Å². The molecule has 0 saturated heterocycles. The van der Waals surface area contributed by atoms with E-state index in [0.29, 0.717) is 0 Å². The maximum Gasteiger partial charge on any atom is 0.0745 e. The largest absolute Gasteiger partial charge is 0.394 e. The fourth-order valence-electron chi connectivity index (χ4n) is 1.73. The summed E-state index contributed by atoms with van der Waals surface area (Å²) >= 11 is 10.4. The normalized spacial score (nSPS) is 12.2. The van der Waals surface area contributed by atoms with E-state index in [1.807, 2.05) is 42.5 Å². The molecule has 0 aliphatic heterocycles. The summed E-state index contributed by atoms with van der Waals surface area (Å²) in [6.07, 6.45) is 0. The molecule has 0 aliphatic carbocycles. The fourth-order valence-corrected chi connectivity index (χ4v) is 2.77. The van der Waals surface area contributed by atoms with Crippen LogP contribution in [-0.4, -0.2) is 11.7 Å². The van der Waals surface area contributed by atoms with Crippen LogP contribution >= 0.6 is 47.8 Å². The number of halogens is 3. The molecule has 5 heteroatoms. The van der Waals surface area contributed by atoms with Crippen molar-refractivity contribution in [3.63, 3.8) is 0 Å². The molecule has 0 saturated carbocycles. The highest BCUT2D eigenvalue weighted by Crippen LogP contribution is 2.30. The third kappa shape index (κ3) is 3.81. The number of hydrogen-bond acceptors (Lipinski definition) is 2. The molecule has 0 amide bonds. The number of aliphatic hydroxyl groups excluding tert-OH is 1. The lowest BCUT2D eigenvalue weighted by molar-refractivity contribution is 0.276. The quantitative estimate of drug-likeness (QED) is 0.679. The first-order valence-electron chi connectivity index (χ1n) is 5.68. The van der Waals surface area contributed by atoms with Crippen molar-refractivity contribution in [1.82, 2.24) is 0 Å². The number of benzene rings is 2. The van der Waals surface area contributed by atoms with Crippen molar-refractivity contribution in [3.8, 4) is 0 Å². The van der Waals surface area contributed by atoms with Crippen LogP contribution in [0.2, 0.25) is 0 Å². The van der Waals surface area contributed by atoms with Crippen molar-refractivity contribution < 1.29 is 5.11 Å².